The van der Waals surface area contributed by atoms with Crippen LogP contribution in [0.5, 0.6) is 0 Å². The number of halogens is 2. The van der Waals surface area contributed by atoms with Gasteiger partial charge in [0.05, 0.1) is 8.81 Å². The zero-order valence-corrected chi connectivity index (χ0v) is 15.3. The predicted octanol–water partition coefficient (Wildman–Crippen LogP) is 3.28. The van der Waals surface area contributed by atoms with E-state index in [1.165, 1.54) is 23.5 Å². The molecule has 0 fully saturated rings. The summed E-state index contributed by atoms with van der Waals surface area (Å²) in [7, 11) is -3.74. The number of thiophene rings is 1. The standard InChI is InChI=1S/C12H10BrClN2O2S3/c13-11-4-2-8(20-11)6-16-21(17,18)10-5-7(12(15)19)1-3-9(10)14/h1-5,16H,6H2,(H2,15,19). The number of nitrogens with one attached hydrogen (secondary N) is 1. The molecule has 112 valence electrons. The number of benzene rings is 1. The highest BCUT2D eigenvalue weighted by atomic mass is 79.9. The minimum atomic E-state index is -3.74. The summed E-state index contributed by atoms with van der Waals surface area (Å²) in [6, 6.07) is 8.11. The van der Waals surface area contributed by atoms with E-state index in [2.05, 4.69) is 20.7 Å². The highest BCUT2D eigenvalue weighted by Gasteiger charge is 2.19. The third-order valence-electron chi connectivity index (χ3n) is 2.57. The molecule has 0 saturated heterocycles. The summed E-state index contributed by atoms with van der Waals surface area (Å²) < 4.78 is 28.1. The molecule has 2 rings (SSSR count). The van der Waals surface area contributed by atoms with E-state index in [0.29, 0.717) is 5.56 Å². The Labute approximate surface area is 145 Å². The first-order chi connectivity index (χ1) is 9.79. The Morgan fingerprint density at radius 3 is 2.67 bits per heavy atom. The molecule has 4 nitrogen and oxygen atoms in total. The lowest BCUT2D eigenvalue weighted by Crippen LogP contribution is -2.23. The van der Waals surface area contributed by atoms with Crippen LogP contribution in [0, 0.1) is 0 Å². The van der Waals surface area contributed by atoms with Crippen molar-refractivity contribution in [2.75, 3.05) is 0 Å². The molecule has 0 unspecified atom stereocenters. The quantitative estimate of drug-likeness (QED) is 0.721. The SMILES string of the molecule is NC(=S)c1ccc(Cl)c(S(=O)(=O)NCc2ccc(Br)s2)c1. The van der Waals surface area contributed by atoms with E-state index in [1.807, 2.05) is 12.1 Å². The molecule has 1 aromatic carbocycles. The molecule has 1 aromatic heterocycles. The lowest BCUT2D eigenvalue weighted by Gasteiger charge is -2.09. The number of hydrogen-bond acceptors (Lipinski definition) is 4. The van der Waals surface area contributed by atoms with E-state index in [9.17, 15) is 8.42 Å². The van der Waals surface area contributed by atoms with Gasteiger partial charge in [-0.25, -0.2) is 13.1 Å². The topological polar surface area (TPSA) is 72.2 Å². The minimum absolute atomic E-state index is 0.0370. The monoisotopic (exact) mass is 424 g/mol. The van der Waals surface area contributed by atoms with E-state index in [1.54, 1.807) is 6.07 Å². The first kappa shape index (κ1) is 16.9. The fourth-order valence-electron chi connectivity index (χ4n) is 1.55. The second-order valence-electron chi connectivity index (χ2n) is 4.04. The lowest BCUT2D eigenvalue weighted by atomic mass is 10.2. The Kier molecular flexibility index (Phi) is 5.39. The molecule has 1 heterocycles. The summed E-state index contributed by atoms with van der Waals surface area (Å²) >= 11 is 15.6. The van der Waals surface area contributed by atoms with Gasteiger partial charge in [-0.05, 0) is 40.2 Å². The molecule has 9 heteroatoms. The van der Waals surface area contributed by atoms with Crippen molar-refractivity contribution in [3.05, 3.63) is 49.6 Å². The second-order valence-corrected chi connectivity index (χ2v) is 9.17. The number of hydrogen-bond donors (Lipinski definition) is 2. The summed E-state index contributed by atoms with van der Waals surface area (Å²) in [6.07, 6.45) is 0. The van der Waals surface area contributed by atoms with Gasteiger partial charge < -0.3 is 5.73 Å². The molecule has 0 atom stereocenters. The molecule has 0 bridgehead atoms. The average Bonchev–Trinajstić information content (AvgIpc) is 2.82. The van der Waals surface area contributed by atoms with Crippen molar-refractivity contribution in [1.29, 1.82) is 0 Å². The van der Waals surface area contributed by atoms with Crippen molar-refractivity contribution >= 4 is 66.1 Å². The van der Waals surface area contributed by atoms with Crippen molar-refractivity contribution in [3.8, 4) is 0 Å². The maximum atomic E-state index is 12.3. The zero-order valence-electron chi connectivity index (χ0n) is 10.5. The van der Waals surface area contributed by atoms with E-state index in [-0.39, 0.29) is 21.5 Å². The maximum absolute atomic E-state index is 12.3. The molecular formula is C12H10BrClN2O2S3. The highest BCUT2D eigenvalue weighted by molar-refractivity contribution is 9.11. The van der Waals surface area contributed by atoms with Gasteiger partial charge in [0.1, 0.15) is 9.88 Å². The van der Waals surface area contributed by atoms with Gasteiger partial charge >= 0.3 is 0 Å². The Balaban J connectivity index is 2.26. The van der Waals surface area contributed by atoms with Gasteiger partial charge in [0, 0.05) is 17.0 Å². The van der Waals surface area contributed by atoms with Crippen LogP contribution in [0.2, 0.25) is 5.02 Å². The van der Waals surface area contributed by atoms with Gasteiger partial charge in [-0.1, -0.05) is 29.9 Å². The van der Waals surface area contributed by atoms with Crippen LogP contribution >= 0.6 is 51.1 Å². The van der Waals surface area contributed by atoms with E-state index < -0.39 is 10.0 Å². The van der Waals surface area contributed by atoms with Crippen LogP contribution in [0.3, 0.4) is 0 Å². The third kappa shape index (κ3) is 4.24. The van der Waals surface area contributed by atoms with Gasteiger partial charge in [0.2, 0.25) is 10.0 Å². The molecule has 0 amide bonds. The van der Waals surface area contributed by atoms with Crippen LogP contribution < -0.4 is 10.5 Å². The molecule has 2 aromatic rings. The Morgan fingerprint density at radius 1 is 1.38 bits per heavy atom. The predicted molar refractivity (Wildman–Crippen MR) is 93.4 cm³/mol. The molecule has 0 spiro atoms. The van der Waals surface area contributed by atoms with Crippen LogP contribution in [0.1, 0.15) is 10.4 Å². The fraction of sp³-hybridized carbons (Fsp3) is 0.0833. The van der Waals surface area contributed by atoms with Crippen LogP contribution in [0.15, 0.2) is 39.0 Å². The van der Waals surface area contributed by atoms with Crippen molar-refractivity contribution in [2.45, 2.75) is 11.4 Å². The first-order valence-corrected chi connectivity index (χ1v) is 9.51. The van der Waals surface area contributed by atoms with Gasteiger partial charge in [0.15, 0.2) is 0 Å². The van der Waals surface area contributed by atoms with Crippen molar-refractivity contribution in [3.63, 3.8) is 0 Å². The lowest BCUT2D eigenvalue weighted by molar-refractivity contribution is 0.582. The van der Waals surface area contributed by atoms with Gasteiger partial charge in [-0.15, -0.1) is 11.3 Å². The van der Waals surface area contributed by atoms with Gasteiger partial charge in [0.25, 0.3) is 0 Å². The van der Waals surface area contributed by atoms with Crippen LogP contribution in [-0.4, -0.2) is 13.4 Å². The maximum Gasteiger partial charge on any atom is 0.242 e. The molecular weight excluding hydrogens is 416 g/mol. The molecule has 0 saturated carbocycles. The normalized spacial score (nSPS) is 11.5. The van der Waals surface area contributed by atoms with Gasteiger partial charge in [-0.3, -0.25) is 0 Å². The minimum Gasteiger partial charge on any atom is -0.389 e. The fourth-order valence-corrected chi connectivity index (χ4v) is 4.72. The number of rotatable bonds is 5. The average molecular weight is 426 g/mol. The Bertz CT molecular complexity index is 790. The van der Waals surface area contributed by atoms with E-state index >= 15 is 0 Å². The van der Waals surface area contributed by atoms with E-state index in [0.717, 1.165) is 8.66 Å². The molecule has 21 heavy (non-hydrogen) atoms. The second kappa shape index (κ2) is 6.72. The highest BCUT2D eigenvalue weighted by Crippen LogP contribution is 2.25. The Hall–Kier alpha value is -0.510. The summed E-state index contributed by atoms with van der Waals surface area (Å²) in [5.74, 6) is 0. The number of nitrogens with two attached hydrogens (primary N) is 1. The summed E-state index contributed by atoms with van der Waals surface area (Å²) in [4.78, 5) is 0.961. The number of thiocarbonyl (C=S) groups is 1. The molecule has 0 aliphatic carbocycles. The Morgan fingerprint density at radius 2 is 2.10 bits per heavy atom. The zero-order chi connectivity index (χ0) is 15.6. The molecule has 0 aliphatic rings. The van der Waals surface area contributed by atoms with Crippen molar-refractivity contribution < 1.29 is 8.42 Å². The molecule has 0 aliphatic heterocycles. The van der Waals surface area contributed by atoms with Crippen LogP contribution in [0.4, 0.5) is 0 Å². The summed E-state index contributed by atoms with van der Waals surface area (Å²) in [5, 5.41) is 0.120. The smallest absolute Gasteiger partial charge is 0.242 e. The summed E-state index contributed by atoms with van der Waals surface area (Å²) in [6.45, 7) is 0.187. The van der Waals surface area contributed by atoms with Gasteiger partial charge in [-0.2, -0.15) is 0 Å². The largest absolute Gasteiger partial charge is 0.389 e. The first-order valence-electron chi connectivity index (χ1n) is 5.63. The third-order valence-corrected chi connectivity index (χ3v) is 6.31. The van der Waals surface area contributed by atoms with Crippen molar-refractivity contribution in [2.24, 2.45) is 5.73 Å². The van der Waals surface area contributed by atoms with E-state index in [4.69, 9.17) is 29.6 Å². The van der Waals surface area contributed by atoms with Crippen LogP contribution in [0.25, 0.3) is 0 Å². The van der Waals surface area contributed by atoms with Crippen LogP contribution in [-0.2, 0) is 16.6 Å². The summed E-state index contributed by atoms with van der Waals surface area (Å²) in [5.41, 5.74) is 5.97. The number of sulfonamides is 1. The van der Waals surface area contributed by atoms with Crippen molar-refractivity contribution in [1.82, 2.24) is 4.72 Å². The molecule has 3 N–H and O–H groups in total. The molecule has 0 radical (unpaired) electrons.